The molecule has 4 aromatic carbocycles. The molecule has 1 unspecified atom stereocenters. The molecule has 0 saturated carbocycles. The fourth-order valence-electron chi connectivity index (χ4n) is 6.11. The van der Waals surface area contributed by atoms with Gasteiger partial charge in [0.1, 0.15) is 11.5 Å². The predicted molar refractivity (Wildman–Crippen MR) is 170 cm³/mol. The molecule has 0 bridgehead atoms. The number of ether oxygens (including phenoxy) is 2. The lowest BCUT2D eigenvalue weighted by Crippen LogP contribution is -2.33. The molecule has 1 saturated heterocycles. The summed E-state index contributed by atoms with van der Waals surface area (Å²) in [7, 11) is 2.03. The third-order valence-electron chi connectivity index (χ3n) is 8.40. The van der Waals surface area contributed by atoms with E-state index in [0.717, 1.165) is 28.1 Å². The second-order valence-electron chi connectivity index (χ2n) is 11.2. The maximum absolute atomic E-state index is 13.2. The summed E-state index contributed by atoms with van der Waals surface area (Å²) in [5.74, 6) is 1.11. The van der Waals surface area contributed by atoms with Crippen molar-refractivity contribution in [1.82, 2.24) is 14.8 Å². The summed E-state index contributed by atoms with van der Waals surface area (Å²) in [6, 6.07) is 34.2. The molecule has 3 atom stereocenters. The third-order valence-corrected chi connectivity index (χ3v) is 8.40. The zero-order valence-electron chi connectivity index (χ0n) is 24.7. The Kier molecular flexibility index (Phi) is 8.34. The molecule has 6 rings (SSSR count). The van der Waals surface area contributed by atoms with Crippen molar-refractivity contribution >= 4 is 23.0 Å². The Morgan fingerprint density at radius 2 is 1.52 bits per heavy atom. The van der Waals surface area contributed by atoms with E-state index in [1.54, 1.807) is 4.90 Å². The van der Waals surface area contributed by atoms with Crippen LogP contribution in [0.4, 0.5) is 4.79 Å². The van der Waals surface area contributed by atoms with Crippen LogP contribution in [0.25, 0.3) is 10.9 Å². The van der Waals surface area contributed by atoms with Crippen LogP contribution in [0.2, 0.25) is 0 Å². The van der Waals surface area contributed by atoms with Crippen LogP contribution < -0.4 is 14.8 Å². The molecule has 8 nitrogen and oxygen atoms in total. The average Bonchev–Trinajstić information content (AvgIpc) is 3.60. The van der Waals surface area contributed by atoms with Gasteiger partial charge < -0.3 is 29.4 Å². The number of carboxylic acid groups (broad SMARTS) is 1. The zero-order chi connectivity index (χ0) is 30.6. The first kappa shape index (κ1) is 29.0. The van der Waals surface area contributed by atoms with E-state index in [0.29, 0.717) is 25.4 Å². The minimum absolute atomic E-state index is 0.0370. The average molecular weight is 590 g/mol. The molecule has 2 N–H and O–H groups in total. The van der Waals surface area contributed by atoms with E-state index < -0.39 is 12.1 Å². The molecule has 44 heavy (non-hydrogen) atoms. The lowest BCUT2D eigenvalue weighted by Gasteiger charge is -2.22. The quantitative estimate of drug-likeness (QED) is 0.188. The van der Waals surface area contributed by atoms with Gasteiger partial charge in [-0.1, -0.05) is 66.7 Å². The second-order valence-corrected chi connectivity index (χ2v) is 11.2. The Bertz CT molecular complexity index is 1750. The number of hydrogen-bond acceptors (Lipinski definition) is 5. The number of nitrogens with zero attached hydrogens (tertiary/aromatic N) is 2. The molecule has 5 aromatic rings. The lowest BCUT2D eigenvalue weighted by molar-refractivity contribution is 0.0697. The highest BCUT2D eigenvalue weighted by Crippen LogP contribution is 2.39. The molecule has 1 aromatic heterocycles. The summed E-state index contributed by atoms with van der Waals surface area (Å²) >= 11 is 0. The largest absolute Gasteiger partial charge is 0.478 e. The van der Waals surface area contributed by atoms with Crippen molar-refractivity contribution in [3.8, 4) is 17.4 Å². The highest BCUT2D eigenvalue weighted by molar-refractivity contribution is 5.88. The first-order valence-electron chi connectivity index (χ1n) is 14.8. The van der Waals surface area contributed by atoms with Gasteiger partial charge in [0.25, 0.3) is 0 Å². The standard InChI is InChI=1S/C36H35N3O5/c1-24(33-30-15-9-10-16-32(30)38(2)34(33)43-28-13-7-4-8-14-28)37-21-27-22-39(23-31(27)25-11-5-3-6-12-25)36(42)44-29-19-17-26(18-20-29)35(40)41/h3-20,24,27,31,37H,21-23H2,1-2H3,(H,40,41)/t24?,27-,31+/m0/s1. The van der Waals surface area contributed by atoms with Crippen molar-refractivity contribution in [3.63, 3.8) is 0 Å². The third kappa shape index (κ3) is 6.02. The molecule has 1 fully saturated rings. The number of carbonyl (C=O) groups is 2. The molecule has 0 spiro atoms. The van der Waals surface area contributed by atoms with Crippen LogP contribution in [0.15, 0.2) is 109 Å². The number of amides is 1. The van der Waals surface area contributed by atoms with Crippen LogP contribution in [0, 0.1) is 5.92 Å². The number of nitrogens with one attached hydrogen (secondary N) is 1. The molecule has 2 heterocycles. The molecule has 1 aliphatic heterocycles. The summed E-state index contributed by atoms with van der Waals surface area (Å²) in [4.78, 5) is 26.2. The molecular weight excluding hydrogens is 554 g/mol. The number of aromatic carboxylic acids is 1. The lowest BCUT2D eigenvalue weighted by atomic mass is 9.88. The zero-order valence-corrected chi connectivity index (χ0v) is 24.7. The first-order chi connectivity index (χ1) is 21.4. The minimum atomic E-state index is -1.03. The van der Waals surface area contributed by atoms with Crippen LogP contribution in [0.5, 0.6) is 17.4 Å². The Morgan fingerprint density at radius 3 is 2.23 bits per heavy atom. The van der Waals surface area contributed by atoms with E-state index >= 15 is 0 Å². The molecule has 224 valence electrons. The van der Waals surface area contributed by atoms with Gasteiger partial charge in [0.2, 0.25) is 5.88 Å². The number of aryl methyl sites for hydroxylation is 1. The predicted octanol–water partition coefficient (Wildman–Crippen LogP) is 7.23. The van der Waals surface area contributed by atoms with Crippen molar-refractivity contribution in [2.24, 2.45) is 13.0 Å². The van der Waals surface area contributed by atoms with E-state index in [9.17, 15) is 9.59 Å². The van der Waals surface area contributed by atoms with Gasteiger partial charge in [0.05, 0.1) is 11.1 Å². The smallest absolute Gasteiger partial charge is 0.415 e. The number of benzene rings is 4. The number of likely N-dealkylation sites (tertiary alicyclic amines) is 1. The monoisotopic (exact) mass is 589 g/mol. The van der Waals surface area contributed by atoms with E-state index in [1.165, 1.54) is 29.8 Å². The van der Waals surface area contributed by atoms with Crippen LogP contribution in [0.1, 0.15) is 40.4 Å². The van der Waals surface area contributed by atoms with Gasteiger partial charge >= 0.3 is 12.1 Å². The Labute approximate surface area is 256 Å². The maximum atomic E-state index is 13.2. The number of fused-ring (bicyclic) bond motifs is 1. The molecule has 1 amide bonds. The van der Waals surface area contributed by atoms with Crippen molar-refractivity contribution in [2.45, 2.75) is 18.9 Å². The summed E-state index contributed by atoms with van der Waals surface area (Å²) in [6.45, 7) is 3.87. The van der Waals surface area contributed by atoms with Crippen LogP contribution >= 0.6 is 0 Å². The Balaban J connectivity index is 1.21. The highest BCUT2D eigenvalue weighted by atomic mass is 16.6. The number of rotatable bonds is 9. The summed E-state index contributed by atoms with van der Waals surface area (Å²) < 4.78 is 14.2. The summed E-state index contributed by atoms with van der Waals surface area (Å²) in [5.41, 5.74) is 3.49. The second kappa shape index (κ2) is 12.7. The molecule has 1 aliphatic rings. The fourth-order valence-corrected chi connectivity index (χ4v) is 6.11. The van der Waals surface area contributed by atoms with Gasteiger partial charge in [-0.25, -0.2) is 9.59 Å². The number of hydrogen-bond donors (Lipinski definition) is 2. The summed E-state index contributed by atoms with van der Waals surface area (Å²) in [6.07, 6.45) is -0.447. The van der Waals surface area contributed by atoms with Gasteiger partial charge in [-0.2, -0.15) is 0 Å². The van der Waals surface area contributed by atoms with Crippen molar-refractivity contribution in [2.75, 3.05) is 19.6 Å². The van der Waals surface area contributed by atoms with Gasteiger partial charge in [0, 0.05) is 49.6 Å². The van der Waals surface area contributed by atoms with Crippen molar-refractivity contribution in [1.29, 1.82) is 0 Å². The first-order valence-corrected chi connectivity index (χ1v) is 14.8. The van der Waals surface area contributed by atoms with Crippen molar-refractivity contribution in [3.05, 3.63) is 126 Å². The van der Waals surface area contributed by atoms with Crippen LogP contribution in [0.3, 0.4) is 0 Å². The SMILES string of the molecule is CC(NC[C@H]1CN(C(=O)Oc2ccc(C(=O)O)cc2)C[C@@H]1c1ccccc1)c1c(Oc2ccccc2)n(C)c2ccccc12. The van der Waals surface area contributed by atoms with Gasteiger partial charge in [-0.3, -0.25) is 0 Å². The molecular formula is C36H35N3O5. The molecule has 0 radical (unpaired) electrons. The highest BCUT2D eigenvalue weighted by Gasteiger charge is 2.37. The Morgan fingerprint density at radius 1 is 0.864 bits per heavy atom. The van der Waals surface area contributed by atoms with E-state index in [-0.39, 0.29) is 23.4 Å². The van der Waals surface area contributed by atoms with Gasteiger partial charge in [0.15, 0.2) is 0 Å². The van der Waals surface area contributed by atoms with Crippen LogP contribution in [-0.4, -0.2) is 46.3 Å². The Hall–Kier alpha value is -5.08. The number of para-hydroxylation sites is 2. The normalized spacial score (nSPS) is 17.0. The van der Waals surface area contributed by atoms with Gasteiger partial charge in [-0.05, 0) is 60.9 Å². The number of carboxylic acids is 1. The number of carbonyl (C=O) groups excluding carboxylic acids is 1. The van der Waals surface area contributed by atoms with Gasteiger partial charge in [-0.15, -0.1) is 0 Å². The molecule has 8 heteroatoms. The maximum Gasteiger partial charge on any atom is 0.415 e. The summed E-state index contributed by atoms with van der Waals surface area (Å²) in [5, 5.41) is 14.1. The fraction of sp³-hybridized carbons (Fsp3) is 0.222. The van der Waals surface area contributed by atoms with Crippen molar-refractivity contribution < 1.29 is 24.2 Å². The molecule has 0 aliphatic carbocycles. The van der Waals surface area contributed by atoms with E-state index in [1.807, 2.05) is 67.7 Å². The topological polar surface area (TPSA) is 93.0 Å². The number of aromatic nitrogens is 1. The minimum Gasteiger partial charge on any atom is -0.478 e. The van der Waals surface area contributed by atoms with Crippen LogP contribution in [-0.2, 0) is 7.05 Å². The van der Waals surface area contributed by atoms with E-state index in [2.05, 4.69) is 41.1 Å². The van der Waals surface area contributed by atoms with E-state index in [4.69, 9.17) is 14.6 Å².